The lowest BCUT2D eigenvalue weighted by atomic mass is 10.1. The van der Waals surface area contributed by atoms with Gasteiger partial charge in [-0.2, -0.15) is 0 Å². The lowest BCUT2D eigenvalue weighted by molar-refractivity contribution is 1.16. The van der Waals surface area contributed by atoms with Crippen LogP contribution in [0.25, 0.3) is 22.1 Å². The molecule has 0 saturated heterocycles. The predicted molar refractivity (Wildman–Crippen MR) is 90.7 cm³/mol. The van der Waals surface area contributed by atoms with E-state index in [1.807, 2.05) is 30.3 Å². The maximum Gasteiger partial charge on any atom is 0.191 e. The SMILES string of the molecule is Nc1nc(-c2ncc(Cl)s2)nc(-c2ccccc2)c1I. The van der Waals surface area contributed by atoms with Gasteiger partial charge >= 0.3 is 0 Å². The Kier molecular flexibility index (Phi) is 3.86. The fraction of sp³-hybridized carbons (Fsp3) is 0. The van der Waals surface area contributed by atoms with Crippen molar-refractivity contribution in [2.75, 3.05) is 5.73 Å². The molecule has 2 N–H and O–H groups in total. The molecule has 0 fully saturated rings. The van der Waals surface area contributed by atoms with Gasteiger partial charge in [0.1, 0.15) is 10.2 Å². The molecule has 0 radical (unpaired) electrons. The van der Waals surface area contributed by atoms with Gasteiger partial charge in [0.15, 0.2) is 10.8 Å². The molecule has 20 heavy (non-hydrogen) atoms. The van der Waals surface area contributed by atoms with Crippen LogP contribution in [0.15, 0.2) is 36.5 Å². The molecule has 2 aromatic heterocycles. The molecule has 2 heterocycles. The second-order valence-corrected chi connectivity index (χ2v) is 6.67. The highest BCUT2D eigenvalue weighted by Gasteiger charge is 2.15. The maximum atomic E-state index is 5.99. The van der Waals surface area contributed by atoms with Crippen molar-refractivity contribution >= 4 is 51.3 Å². The quantitative estimate of drug-likeness (QED) is 0.641. The summed E-state index contributed by atoms with van der Waals surface area (Å²) in [6.45, 7) is 0. The number of thiazole rings is 1. The number of anilines is 1. The Labute approximate surface area is 138 Å². The monoisotopic (exact) mass is 414 g/mol. The molecular weight excluding hydrogens is 407 g/mol. The highest BCUT2D eigenvalue weighted by atomic mass is 127. The number of nitrogen functional groups attached to an aromatic ring is 1. The maximum absolute atomic E-state index is 5.99. The first-order valence-electron chi connectivity index (χ1n) is 5.65. The van der Waals surface area contributed by atoms with Crippen LogP contribution in [0.5, 0.6) is 0 Å². The van der Waals surface area contributed by atoms with Gasteiger partial charge in [-0.05, 0) is 22.6 Å². The zero-order chi connectivity index (χ0) is 14.1. The Hall–Kier alpha value is -1.25. The molecule has 3 rings (SSSR count). The molecule has 7 heteroatoms. The standard InChI is InChI=1S/C13H8ClIN4S/c14-8-6-17-13(20-8)12-18-10(9(15)11(16)19-12)7-4-2-1-3-5-7/h1-6H,(H2,16,18,19). The van der Waals surface area contributed by atoms with E-state index in [4.69, 9.17) is 17.3 Å². The molecule has 0 spiro atoms. The second-order valence-electron chi connectivity index (χ2n) is 3.93. The minimum Gasteiger partial charge on any atom is -0.383 e. The van der Waals surface area contributed by atoms with Gasteiger partial charge in [0, 0.05) is 5.56 Å². The van der Waals surface area contributed by atoms with Gasteiger partial charge in [0.25, 0.3) is 0 Å². The molecule has 0 atom stereocenters. The minimum atomic E-state index is 0.445. The normalized spacial score (nSPS) is 10.7. The van der Waals surface area contributed by atoms with E-state index in [0.29, 0.717) is 21.0 Å². The number of nitrogens with zero attached hydrogens (tertiary/aromatic N) is 3. The number of aromatic nitrogens is 3. The van der Waals surface area contributed by atoms with Crippen LogP contribution in [0.1, 0.15) is 0 Å². The van der Waals surface area contributed by atoms with Gasteiger partial charge in [-0.25, -0.2) is 15.0 Å². The summed E-state index contributed by atoms with van der Waals surface area (Å²) >= 11 is 9.39. The molecular formula is C13H8ClIN4S. The Bertz CT molecular complexity index is 760. The first-order chi connectivity index (χ1) is 9.65. The number of hydrogen-bond donors (Lipinski definition) is 1. The van der Waals surface area contributed by atoms with Gasteiger partial charge in [-0.1, -0.05) is 53.3 Å². The number of benzene rings is 1. The molecule has 4 nitrogen and oxygen atoms in total. The third kappa shape index (κ3) is 2.63. The van der Waals surface area contributed by atoms with Gasteiger partial charge < -0.3 is 5.73 Å². The Balaban J connectivity index is 2.18. The molecule has 0 aliphatic rings. The summed E-state index contributed by atoms with van der Waals surface area (Å²) in [4.78, 5) is 13.1. The van der Waals surface area contributed by atoms with E-state index >= 15 is 0 Å². The number of nitrogens with two attached hydrogens (primary N) is 1. The van der Waals surface area contributed by atoms with E-state index in [9.17, 15) is 0 Å². The molecule has 0 bridgehead atoms. The van der Waals surface area contributed by atoms with Crippen molar-refractivity contribution in [2.24, 2.45) is 0 Å². The Morgan fingerprint density at radius 3 is 2.55 bits per heavy atom. The van der Waals surface area contributed by atoms with E-state index in [0.717, 1.165) is 14.8 Å². The van der Waals surface area contributed by atoms with Crippen molar-refractivity contribution in [1.29, 1.82) is 0 Å². The van der Waals surface area contributed by atoms with E-state index in [1.54, 1.807) is 6.20 Å². The van der Waals surface area contributed by atoms with Gasteiger partial charge in [-0.15, -0.1) is 0 Å². The number of hydrogen-bond acceptors (Lipinski definition) is 5. The summed E-state index contributed by atoms with van der Waals surface area (Å²) in [6, 6.07) is 9.86. The topological polar surface area (TPSA) is 64.7 Å². The summed E-state index contributed by atoms with van der Waals surface area (Å²) in [5.74, 6) is 0.944. The van der Waals surface area contributed by atoms with E-state index in [1.165, 1.54) is 11.3 Å². The summed E-state index contributed by atoms with van der Waals surface area (Å²) < 4.78 is 1.43. The smallest absolute Gasteiger partial charge is 0.191 e. The van der Waals surface area contributed by atoms with Gasteiger partial charge in [-0.3, -0.25) is 0 Å². The zero-order valence-corrected chi connectivity index (χ0v) is 13.8. The van der Waals surface area contributed by atoms with Crippen molar-refractivity contribution < 1.29 is 0 Å². The van der Waals surface area contributed by atoms with Crippen molar-refractivity contribution in [2.45, 2.75) is 0 Å². The van der Waals surface area contributed by atoms with Crippen LogP contribution in [-0.4, -0.2) is 15.0 Å². The van der Waals surface area contributed by atoms with Crippen LogP contribution in [0, 0.1) is 3.57 Å². The molecule has 0 aliphatic carbocycles. The van der Waals surface area contributed by atoms with Crippen molar-refractivity contribution in [1.82, 2.24) is 15.0 Å². The fourth-order valence-electron chi connectivity index (χ4n) is 1.71. The summed E-state index contributed by atoms with van der Waals surface area (Å²) in [5.41, 5.74) is 7.79. The van der Waals surface area contributed by atoms with Gasteiger partial charge in [0.05, 0.1) is 15.5 Å². The Morgan fingerprint density at radius 2 is 1.90 bits per heavy atom. The lowest BCUT2D eigenvalue weighted by Gasteiger charge is -2.07. The average molecular weight is 415 g/mol. The van der Waals surface area contributed by atoms with Crippen LogP contribution in [0.2, 0.25) is 4.34 Å². The van der Waals surface area contributed by atoms with Crippen LogP contribution < -0.4 is 5.73 Å². The van der Waals surface area contributed by atoms with Crippen LogP contribution in [0.3, 0.4) is 0 Å². The molecule has 0 saturated carbocycles. The zero-order valence-electron chi connectivity index (χ0n) is 10.0. The van der Waals surface area contributed by atoms with Gasteiger partial charge in [0.2, 0.25) is 0 Å². The molecule has 1 aromatic carbocycles. The first-order valence-corrected chi connectivity index (χ1v) is 7.92. The fourth-order valence-corrected chi connectivity index (χ4v) is 3.10. The number of rotatable bonds is 2. The average Bonchev–Trinajstić information content (AvgIpc) is 2.89. The van der Waals surface area contributed by atoms with Crippen LogP contribution in [0.4, 0.5) is 5.82 Å². The molecule has 0 unspecified atom stereocenters. The minimum absolute atomic E-state index is 0.445. The van der Waals surface area contributed by atoms with Crippen molar-refractivity contribution in [3.8, 4) is 22.1 Å². The second kappa shape index (κ2) is 5.63. The van der Waals surface area contributed by atoms with E-state index in [-0.39, 0.29) is 0 Å². The Morgan fingerprint density at radius 1 is 1.15 bits per heavy atom. The van der Waals surface area contributed by atoms with Crippen molar-refractivity contribution in [3.05, 3.63) is 44.4 Å². The predicted octanol–water partition coefficient (Wildman–Crippen LogP) is 4.11. The van der Waals surface area contributed by atoms with Crippen LogP contribution in [-0.2, 0) is 0 Å². The molecule has 0 aliphatic heterocycles. The molecule has 3 aromatic rings. The van der Waals surface area contributed by atoms with Crippen molar-refractivity contribution in [3.63, 3.8) is 0 Å². The molecule has 100 valence electrons. The molecule has 0 amide bonds. The highest BCUT2D eigenvalue weighted by Crippen LogP contribution is 2.31. The number of halogens is 2. The lowest BCUT2D eigenvalue weighted by Crippen LogP contribution is -2.02. The summed E-state index contributed by atoms with van der Waals surface area (Å²) in [7, 11) is 0. The largest absolute Gasteiger partial charge is 0.383 e. The van der Waals surface area contributed by atoms with E-state index in [2.05, 4.69) is 37.5 Å². The third-order valence-electron chi connectivity index (χ3n) is 2.59. The third-order valence-corrected chi connectivity index (χ3v) is 4.77. The van der Waals surface area contributed by atoms with Crippen LogP contribution >= 0.6 is 45.5 Å². The van der Waals surface area contributed by atoms with E-state index < -0.39 is 0 Å². The summed E-state index contributed by atoms with van der Waals surface area (Å²) in [5, 5.41) is 0.662. The highest BCUT2D eigenvalue weighted by molar-refractivity contribution is 14.1. The summed E-state index contributed by atoms with van der Waals surface area (Å²) in [6.07, 6.45) is 1.58. The first kappa shape index (κ1) is 13.7.